The lowest BCUT2D eigenvalue weighted by atomic mass is 9.93. The van der Waals surface area contributed by atoms with E-state index in [2.05, 4.69) is 50.4 Å². The van der Waals surface area contributed by atoms with Gasteiger partial charge in [-0.3, -0.25) is 4.99 Å². The normalized spacial score (nSPS) is 18.6. The Morgan fingerprint density at radius 3 is 2.52 bits per heavy atom. The molecule has 6 nitrogen and oxygen atoms in total. The molecule has 1 rings (SSSR count). The molecule has 0 amide bonds. The molecule has 0 bridgehead atoms. The second-order valence-corrected chi connectivity index (χ2v) is 7.32. The Bertz CT molecular complexity index is 373. The molecule has 1 saturated heterocycles. The van der Waals surface area contributed by atoms with E-state index in [1.165, 1.54) is 19.3 Å². The first kappa shape index (κ1) is 26.9. The van der Waals surface area contributed by atoms with Crippen molar-refractivity contribution in [2.45, 2.75) is 65.0 Å². The Morgan fingerprint density at radius 1 is 1.22 bits per heavy atom. The summed E-state index contributed by atoms with van der Waals surface area (Å²) in [5, 5.41) is 6.77. The number of ether oxygens (including phenoxy) is 2. The fourth-order valence-electron chi connectivity index (χ4n) is 3.46. The highest BCUT2D eigenvalue weighted by Gasteiger charge is 2.20. The van der Waals surface area contributed by atoms with Crippen molar-refractivity contribution in [3.8, 4) is 0 Å². The molecule has 0 aliphatic carbocycles. The Kier molecular flexibility index (Phi) is 16.7. The van der Waals surface area contributed by atoms with E-state index in [4.69, 9.17) is 14.5 Å². The van der Waals surface area contributed by atoms with Gasteiger partial charge in [-0.25, -0.2) is 0 Å². The van der Waals surface area contributed by atoms with Gasteiger partial charge in [0.25, 0.3) is 0 Å². The number of guanidine groups is 1. The molecular formula is C20H43IN4O2. The predicted octanol–water partition coefficient (Wildman–Crippen LogP) is 3.11. The van der Waals surface area contributed by atoms with Crippen LogP contribution in [0.25, 0.3) is 0 Å². The van der Waals surface area contributed by atoms with E-state index >= 15 is 0 Å². The maximum absolute atomic E-state index is 5.72. The second kappa shape index (κ2) is 16.8. The molecule has 0 aromatic heterocycles. The van der Waals surface area contributed by atoms with E-state index in [0.717, 1.165) is 58.3 Å². The quantitative estimate of drug-likeness (QED) is 0.177. The van der Waals surface area contributed by atoms with E-state index in [0.29, 0.717) is 18.1 Å². The van der Waals surface area contributed by atoms with Crippen LogP contribution in [0.5, 0.6) is 0 Å². The van der Waals surface area contributed by atoms with Gasteiger partial charge < -0.3 is 25.0 Å². The van der Waals surface area contributed by atoms with Gasteiger partial charge in [0.2, 0.25) is 0 Å². The molecule has 1 aliphatic rings. The third-order valence-corrected chi connectivity index (χ3v) is 5.12. The Hall–Kier alpha value is -0.120. The zero-order chi connectivity index (χ0) is 19.2. The molecule has 2 atom stereocenters. The lowest BCUT2D eigenvalue weighted by Crippen LogP contribution is -2.41. The summed E-state index contributed by atoms with van der Waals surface area (Å²) in [7, 11) is 4.31. The molecule has 0 saturated carbocycles. The molecule has 1 heterocycles. The van der Waals surface area contributed by atoms with Crippen LogP contribution in [0.1, 0.15) is 52.9 Å². The smallest absolute Gasteiger partial charge is 0.191 e. The number of likely N-dealkylation sites (N-methyl/N-ethyl adjacent to an activating group) is 1. The van der Waals surface area contributed by atoms with Crippen molar-refractivity contribution in [1.29, 1.82) is 0 Å². The summed E-state index contributed by atoms with van der Waals surface area (Å²) in [6.45, 7) is 11.6. The fourth-order valence-corrected chi connectivity index (χ4v) is 3.46. The van der Waals surface area contributed by atoms with Crippen molar-refractivity contribution < 1.29 is 9.47 Å². The average molecular weight is 498 g/mol. The number of aliphatic imine (C=N–C) groups is 1. The highest BCUT2D eigenvalue weighted by molar-refractivity contribution is 14.0. The lowest BCUT2D eigenvalue weighted by molar-refractivity contribution is 0.0168. The molecule has 1 fully saturated rings. The maximum Gasteiger partial charge on any atom is 0.191 e. The summed E-state index contributed by atoms with van der Waals surface area (Å²) in [5.41, 5.74) is 0. The van der Waals surface area contributed by atoms with Gasteiger partial charge in [0, 0.05) is 32.3 Å². The predicted molar refractivity (Wildman–Crippen MR) is 125 cm³/mol. The second-order valence-electron chi connectivity index (χ2n) is 7.32. The van der Waals surface area contributed by atoms with Crippen LogP contribution < -0.4 is 10.6 Å². The monoisotopic (exact) mass is 498 g/mol. The van der Waals surface area contributed by atoms with Gasteiger partial charge in [-0.2, -0.15) is 0 Å². The number of nitrogens with zero attached hydrogens (tertiary/aromatic N) is 2. The van der Waals surface area contributed by atoms with Crippen LogP contribution in [0.4, 0.5) is 0 Å². The Labute approximate surface area is 184 Å². The van der Waals surface area contributed by atoms with Crippen molar-refractivity contribution in [2.24, 2.45) is 10.9 Å². The number of halogens is 1. The van der Waals surface area contributed by atoms with Gasteiger partial charge in [-0.15, -0.1) is 24.0 Å². The first-order valence-corrected chi connectivity index (χ1v) is 10.5. The summed E-state index contributed by atoms with van der Waals surface area (Å²) in [5.74, 6) is 1.59. The molecule has 0 aromatic rings. The van der Waals surface area contributed by atoms with Gasteiger partial charge in [0.05, 0.1) is 19.3 Å². The third kappa shape index (κ3) is 11.5. The lowest BCUT2D eigenvalue weighted by Gasteiger charge is -2.30. The SMILES string of the molecule is CCNC(=NCC(C(CC)CC)N(C)C)NCCCOCC1CCCO1.I. The number of nitrogens with one attached hydrogen (secondary N) is 2. The largest absolute Gasteiger partial charge is 0.379 e. The van der Waals surface area contributed by atoms with Crippen LogP contribution >= 0.6 is 24.0 Å². The van der Waals surface area contributed by atoms with Gasteiger partial charge >= 0.3 is 0 Å². The van der Waals surface area contributed by atoms with Crippen LogP contribution in [0.2, 0.25) is 0 Å². The topological polar surface area (TPSA) is 58.1 Å². The summed E-state index contributed by atoms with van der Waals surface area (Å²) in [6.07, 6.45) is 5.99. The molecule has 0 spiro atoms. The van der Waals surface area contributed by atoms with Crippen molar-refractivity contribution >= 4 is 29.9 Å². The van der Waals surface area contributed by atoms with Gasteiger partial charge in [0.15, 0.2) is 5.96 Å². The number of hydrogen-bond donors (Lipinski definition) is 2. The van der Waals surface area contributed by atoms with E-state index in [1.807, 2.05) is 0 Å². The first-order chi connectivity index (χ1) is 12.6. The molecular weight excluding hydrogens is 455 g/mol. The van der Waals surface area contributed by atoms with Crippen molar-refractivity contribution in [3.05, 3.63) is 0 Å². The van der Waals surface area contributed by atoms with Crippen molar-refractivity contribution in [3.63, 3.8) is 0 Å². The summed E-state index contributed by atoms with van der Waals surface area (Å²) < 4.78 is 11.3. The maximum atomic E-state index is 5.72. The van der Waals surface area contributed by atoms with Crippen LogP contribution in [0.15, 0.2) is 4.99 Å². The van der Waals surface area contributed by atoms with Crippen LogP contribution in [0, 0.1) is 5.92 Å². The van der Waals surface area contributed by atoms with E-state index < -0.39 is 0 Å². The van der Waals surface area contributed by atoms with Crippen LogP contribution in [-0.2, 0) is 9.47 Å². The minimum Gasteiger partial charge on any atom is -0.379 e. The first-order valence-electron chi connectivity index (χ1n) is 10.5. The summed E-state index contributed by atoms with van der Waals surface area (Å²) >= 11 is 0. The van der Waals surface area contributed by atoms with Gasteiger partial charge in [-0.1, -0.05) is 26.7 Å². The Morgan fingerprint density at radius 2 is 1.96 bits per heavy atom. The molecule has 0 radical (unpaired) electrons. The molecule has 7 heteroatoms. The molecule has 0 aromatic carbocycles. The summed E-state index contributed by atoms with van der Waals surface area (Å²) in [4.78, 5) is 7.13. The van der Waals surface area contributed by atoms with Gasteiger partial charge in [0.1, 0.15) is 0 Å². The van der Waals surface area contributed by atoms with Crippen molar-refractivity contribution in [1.82, 2.24) is 15.5 Å². The fraction of sp³-hybridized carbons (Fsp3) is 0.950. The minimum absolute atomic E-state index is 0. The van der Waals surface area contributed by atoms with Gasteiger partial charge in [-0.05, 0) is 46.2 Å². The highest BCUT2D eigenvalue weighted by Crippen LogP contribution is 2.17. The molecule has 162 valence electrons. The van der Waals surface area contributed by atoms with Crippen molar-refractivity contribution in [2.75, 3.05) is 53.6 Å². The highest BCUT2D eigenvalue weighted by atomic mass is 127. The zero-order valence-electron chi connectivity index (χ0n) is 18.1. The van der Waals surface area contributed by atoms with Crippen LogP contribution in [0.3, 0.4) is 0 Å². The van der Waals surface area contributed by atoms with E-state index in [9.17, 15) is 0 Å². The Balaban J connectivity index is 0.00000676. The third-order valence-electron chi connectivity index (χ3n) is 5.12. The number of rotatable bonds is 13. The standard InChI is InChI=1S/C20H42N4O2.HI/c1-6-17(7-2)19(24(4)5)15-23-20(21-8-3)22-12-10-13-25-16-18-11-9-14-26-18;/h17-19H,6-16H2,1-5H3,(H2,21,22,23);1H. The molecule has 27 heavy (non-hydrogen) atoms. The molecule has 2 unspecified atom stereocenters. The summed E-state index contributed by atoms with van der Waals surface area (Å²) in [6, 6.07) is 0.482. The van der Waals surface area contributed by atoms with E-state index in [1.54, 1.807) is 0 Å². The average Bonchev–Trinajstić information content (AvgIpc) is 3.14. The zero-order valence-corrected chi connectivity index (χ0v) is 20.5. The van der Waals surface area contributed by atoms with E-state index in [-0.39, 0.29) is 24.0 Å². The molecule has 1 aliphatic heterocycles. The molecule has 2 N–H and O–H groups in total. The van der Waals surface area contributed by atoms with Crippen LogP contribution in [-0.4, -0.2) is 76.6 Å². The minimum atomic E-state index is 0. The number of hydrogen-bond acceptors (Lipinski definition) is 4.